The molecule has 0 aliphatic carbocycles. The molecule has 0 aromatic heterocycles. The molecular formula is C18H19NO4S. The van der Waals surface area contributed by atoms with Gasteiger partial charge in [0.25, 0.3) is 0 Å². The van der Waals surface area contributed by atoms with E-state index in [0.29, 0.717) is 23.6 Å². The molecule has 1 N–H and O–H groups in total. The van der Waals surface area contributed by atoms with E-state index in [1.807, 2.05) is 24.3 Å². The molecular weight excluding hydrogens is 326 g/mol. The molecule has 6 heteroatoms. The Kier molecular flexibility index (Phi) is 6.69. The fourth-order valence-electron chi connectivity index (χ4n) is 1.92. The van der Waals surface area contributed by atoms with Crippen molar-refractivity contribution in [1.29, 1.82) is 0 Å². The van der Waals surface area contributed by atoms with Crippen molar-refractivity contribution in [2.45, 2.75) is 11.8 Å². The predicted molar refractivity (Wildman–Crippen MR) is 94.7 cm³/mol. The molecule has 0 bridgehead atoms. The number of nitrogens with one attached hydrogen (secondary N) is 1. The highest BCUT2D eigenvalue weighted by Gasteiger charge is 2.07. The van der Waals surface area contributed by atoms with Gasteiger partial charge in [0, 0.05) is 10.6 Å². The number of carbonyl (C=O) groups excluding carboxylic acids is 2. The van der Waals surface area contributed by atoms with E-state index in [2.05, 4.69) is 5.32 Å². The van der Waals surface area contributed by atoms with E-state index in [4.69, 9.17) is 9.47 Å². The van der Waals surface area contributed by atoms with Gasteiger partial charge in [0.1, 0.15) is 5.75 Å². The maximum Gasteiger partial charge on any atom is 0.338 e. The Labute approximate surface area is 145 Å². The van der Waals surface area contributed by atoms with Crippen molar-refractivity contribution < 1.29 is 19.1 Å². The van der Waals surface area contributed by atoms with Gasteiger partial charge in [-0.25, -0.2) is 4.79 Å². The summed E-state index contributed by atoms with van der Waals surface area (Å²) in [6.45, 7) is 2.09. The summed E-state index contributed by atoms with van der Waals surface area (Å²) in [5.74, 6) is 0.599. The summed E-state index contributed by atoms with van der Waals surface area (Å²) in [5.41, 5.74) is 1.10. The Bertz CT molecular complexity index is 683. The topological polar surface area (TPSA) is 64.6 Å². The lowest BCUT2D eigenvalue weighted by Gasteiger charge is -2.07. The third kappa shape index (κ3) is 5.31. The highest BCUT2D eigenvalue weighted by Crippen LogP contribution is 2.21. The summed E-state index contributed by atoms with van der Waals surface area (Å²) >= 11 is 1.44. The number of hydrogen-bond acceptors (Lipinski definition) is 5. The molecule has 2 rings (SSSR count). The van der Waals surface area contributed by atoms with Crippen LogP contribution in [-0.2, 0) is 9.53 Å². The Hall–Kier alpha value is -2.47. The van der Waals surface area contributed by atoms with Gasteiger partial charge < -0.3 is 14.8 Å². The van der Waals surface area contributed by atoms with Crippen LogP contribution in [-0.4, -0.2) is 31.3 Å². The minimum absolute atomic E-state index is 0.111. The van der Waals surface area contributed by atoms with Gasteiger partial charge in [-0.1, -0.05) is 0 Å². The lowest BCUT2D eigenvalue weighted by Crippen LogP contribution is -2.14. The van der Waals surface area contributed by atoms with Crippen LogP contribution >= 0.6 is 11.8 Å². The van der Waals surface area contributed by atoms with E-state index in [1.54, 1.807) is 38.3 Å². The molecule has 0 saturated heterocycles. The third-order valence-corrected chi connectivity index (χ3v) is 4.12. The molecule has 0 aliphatic heterocycles. The number of amides is 1. The fraction of sp³-hybridized carbons (Fsp3) is 0.222. The third-order valence-electron chi connectivity index (χ3n) is 3.11. The molecule has 0 unspecified atom stereocenters. The van der Waals surface area contributed by atoms with Crippen molar-refractivity contribution in [3.8, 4) is 5.75 Å². The highest BCUT2D eigenvalue weighted by atomic mass is 32.2. The normalized spacial score (nSPS) is 10.1. The lowest BCUT2D eigenvalue weighted by atomic mass is 10.2. The van der Waals surface area contributed by atoms with E-state index >= 15 is 0 Å². The number of rotatable bonds is 7. The molecule has 0 radical (unpaired) electrons. The molecule has 24 heavy (non-hydrogen) atoms. The molecule has 2 aromatic rings. The number of ether oxygens (including phenoxy) is 2. The molecule has 1 amide bonds. The molecule has 126 valence electrons. The fourth-order valence-corrected chi connectivity index (χ4v) is 2.62. The first-order valence-corrected chi connectivity index (χ1v) is 8.45. The van der Waals surface area contributed by atoms with Crippen LogP contribution in [0.3, 0.4) is 0 Å². The molecule has 2 aromatic carbocycles. The Balaban J connectivity index is 1.84. The van der Waals surface area contributed by atoms with Crippen LogP contribution < -0.4 is 10.1 Å². The van der Waals surface area contributed by atoms with Crippen LogP contribution in [0.4, 0.5) is 5.69 Å². The number of methoxy groups -OCH3 is 1. The summed E-state index contributed by atoms with van der Waals surface area (Å²) < 4.78 is 10.0. The van der Waals surface area contributed by atoms with Crippen LogP contribution in [0.15, 0.2) is 53.4 Å². The van der Waals surface area contributed by atoms with Crippen LogP contribution in [0.1, 0.15) is 17.3 Å². The average Bonchev–Trinajstić information content (AvgIpc) is 2.61. The zero-order valence-corrected chi connectivity index (χ0v) is 14.4. The summed E-state index contributed by atoms with van der Waals surface area (Å²) in [6.07, 6.45) is 0. The molecule has 0 saturated carbocycles. The van der Waals surface area contributed by atoms with Gasteiger partial charge in [0.15, 0.2) is 0 Å². The summed E-state index contributed by atoms with van der Waals surface area (Å²) in [4.78, 5) is 24.5. The second-order valence-corrected chi connectivity index (χ2v) is 5.86. The Morgan fingerprint density at radius 2 is 1.71 bits per heavy atom. The van der Waals surface area contributed by atoms with E-state index < -0.39 is 0 Å². The largest absolute Gasteiger partial charge is 0.497 e. The smallest absolute Gasteiger partial charge is 0.338 e. The van der Waals surface area contributed by atoms with Crippen LogP contribution in [0.5, 0.6) is 5.75 Å². The number of carbonyl (C=O) groups is 2. The van der Waals surface area contributed by atoms with Crippen molar-refractivity contribution in [1.82, 2.24) is 0 Å². The highest BCUT2D eigenvalue weighted by molar-refractivity contribution is 8.00. The monoisotopic (exact) mass is 345 g/mol. The molecule has 5 nitrogen and oxygen atoms in total. The SMILES string of the molecule is CCOC(=O)c1ccc(NC(=O)CSc2ccc(OC)cc2)cc1. The predicted octanol–water partition coefficient (Wildman–Crippen LogP) is 3.60. The Morgan fingerprint density at radius 3 is 2.29 bits per heavy atom. The van der Waals surface area contributed by atoms with E-state index in [-0.39, 0.29) is 11.9 Å². The average molecular weight is 345 g/mol. The minimum atomic E-state index is -0.370. The summed E-state index contributed by atoms with van der Waals surface area (Å²) in [5, 5.41) is 2.80. The first kappa shape index (κ1) is 17.9. The maximum atomic E-state index is 12.0. The van der Waals surface area contributed by atoms with Gasteiger partial charge in [-0.3, -0.25) is 4.79 Å². The number of thioether (sulfide) groups is 1. The molecule has 0 aliphatic rings. The van der Waals surface area contributed by atoms with Crippen LogP contribution in [0.25, 0.3) is 0 Å². The first-order chi connectivity index (χ1) is 11.6. The van der Waals surface area contributed by atoms with Gasteiger partial charge in [-0.15, -0.1) is 11.8 Å². The first-order valence-electron chi connectivity index (χ1n) is 7.46. The number of benzene rings is 2. The second kappa shape index (κ2) is 8.98. The van der Waals surface area contributed by atoms with Crippen molar-refractivity contribution in [3.05, 3.63) is 54.1 Å². The zero-order valence-electron chi connectivity index (χ0n) is 13.6. The van der Waals surface area contributed by atoms with Crippen molar-refractivity contribution >= 4 is 29.3 Å². The van der Waals surface area contributed by atoms with Crippen molar-refractivity contribution in [2.24, 2.45) is 0 Å². The van der Waals surface area contributed by atoms with Crippen molar-refractivity contribution in [2.75, 3.05) is 24.8 Å². The Morgan fingerprint density at radius 1 is 1.04 bits per heavy atom. The molecule has 0 spiro atoms. The van der Waals surface area contributed by atoms with Crippen LogP contribution in [0, 0.1) is 0 Å². The molecule has 0 heterocycles. The number of hydrogen-bond donors (Lipinski definition) is 1. The lowest BCUT2D eigenvalue weighted by molar-refractivity contribution is -0.113. The second-order valence-electron chi connectivity index (χ2n) is 4.81. The minimum Gasteiger partial charge on any atom is -0.497 e. The maximum absolute atomic E-state index is 12.0. The van der Waals surface area contributed by atoms with E-state index in [9.17, 15) is 9.59 Å². The summed E-state index contributed by atoms with van der Waals surface area (Å²) in [6, 6.07) is 14.2. The molecule has 0 fully saturated rings. The standard InChI is InChI=1S/C18H19NO4S/c1-3-23-18(21)13-4-6-14(7-5-13)19-17(20)12-24-16-10-8-15(22-2)9-11-16/h4-11H,3,12H2,1-2H3,(H,19,20). The van der Waals surface area contributed by atoms with Crippen molar-refractivity contribution in [3.63, 3.8) is 0 Å². The van der Waals surface area contributed by atoms with Gasteiger partial charge in [-0.05, 0) is 55.5 Å². The van der Waals surface area contributed by atoms with E-state index in [1.165, 1.54) is 11.8 Å². The quantitative estimate of drug-likeness (QED) is 0.613. The van der Waals surface area contributed by atoms with E-state index in [0.717, 1.165) is 10.6 Å². The van der Waals surface area contributed by atoms with Gasteiger partial charge in [0.05, 0.1) is 25.0 Å². The van der Waals surface area contributed by atoms with Gasteiger partial charge in [0.2, 0.25) is 5.91 Å². The summed E-state index contributed by atoms with van der Waals surface area (Å²) in [7, 11) is 1.61. The van der Waals surface area contributed by atoms with Gasteiger partial charge in [-0.2, -0.15) is 0 Å². The zero-order chi connectivity index (χ0) is 17.4. The van der Waals surface area contributed by atoms with Gasteiger partial charge >= 0.3 is 5.97 Å². The number of anilines is 1. The van der Waals surface area contributed by atoms with Crippen LogP contribution in [0.2, 0.25) is 0 Å². The molecule has 0 atom stereocenters. The number of esters is 1.